The molecule has 3 heterocycles. The molecule has 1 aromatic heterocycles. The average Bonchev–Trinajstić information content (AvgIpc) is 3.21. The quantitative estimate of drug-likeness (QED) is 0.592. The number of Topliss-reactive ketones (excluding diaryl/α,β-unsaturated/α-hetero) is 2. The predicted molar refractivity (Wildman–Crippen MR) is 126 cm³/mol. The number of hydrogen-bond donors (Lipinski definition) is 0. The third-order valence-corrected chi connectivity index (χ3v) is 6.69. The van der Waals surface area contributed by atoms with Crippen molar-refractivity contribution in [3.05, 3.63) is 23.9 Å². The van der Waals surface area contributed by atoms with Crippen LogP contribution in [-0.4, -0.2) is 78.7 Å². The predicted octanol–water partition coefficient (Wildman–Crippen LogP) is 3.37. The fourth-order valence-electron chi connectivity index (χ4n) is 4.30. The maximum Gasteiger partial charge on any atom is 0.166 e. The molecule has 0 aromatic carbocycles. The van der Waals surface area contributed by atoms with Crippen LogP contribution in [0.15, 0.2) is 18.3 Å². The van der Waals surface area contributed by atoms with Gasteiger partial charge in [-0.1, -0.05) is 34.6 Å². The van der Waals surface area contributed by atoms with Crippen LogP contribution in [0.25, 0.3) is 0 Å². The van der Waals surface area contributed by atoms with Crippen LogP contribution in [0.4, 0.5) is 5.82 Å². The summed E-state index contributed by atoms with van der Waals surface area (Å²) in [7, 11) is 0. The lowest BCUT2D eigenvalue weighted by molar-refractivity contribution is -0.127. The first-order chi connectivity index (χ1) is 14.6. The Bertz CT molecular complexity index is 746. The molecule has 0 bridgehead atoms. The summed E-state index contributed by atoms with van der Waals surface area (Å²) in [6.45, 7) is 17.8. The zero-order valence-electron chi connectivity index (χ0n) is 20.1. The number of carbonyl (C=O) groups excluding carboxylic acids is 2. The van der Waals surface area contributed by atoms with Gasteiger partial charge < -0.3 is 9.80 Å². The number of hydrogen-bond acceptors (Lipinski definition) is 6. The molecule has 1 unspecified atom stereocenters. The van der Waals surface area contributed by atoms with Crippen molar-refractivity contribution in [2.75, 3.05) is 57.3 Å². The maximum absolute atomic E-state index is 12.3. The lowest BCUT2D eigenvalue weighted by Gasteiger charge is -2.35. The van der Waals surface area contributed by atoms with Crippen LogP contribution in [-0.2, 0) is 4.79 Å². The normalized spacial score (nSPS) is 21.1. The summed E-state index contributed by atoms with van der Waals surface area (Å²) in [4.78, 5) is 36.1. The smallest absolute Gasteiger partial charge is 0.166 e. The van der Waals surface area contributed by atoms with Crippen LogP contribution in [0.1, 0.15) is 57.8 Å². The van der Waals surface area contributed by atoms with E-state index in [1.807, 2.05) is 46.8 Å². The first-order valence-electron chi connectivity index (χ1n) is 11.9. The van der Waals surface area contributed by atoms with E-state index in [-0.39, 0.29) is 17.1 Å². The number of rotatable bonds is 8. The van der Waals surface area contributed by atoms with Crippen molar-refractivity contribution in [2.24, 2.45) is 17.3 Å². The summed E-state index contributed by atoms with van der Waals surface area (Å²) in [5, 5.41) is 0. The molecule has 2 aliphatic rings. The first-order valence-corrected chi connectivity index (χ1v) is 11.9. The molecule has 0 aliphatic carbocycles. The number of aromatic nitrogens is 1. The molecule has 1 aromatic rings. The van der Waals surface area contributed by atoms with Crippen molar-refractivity contribution < 1.29 is 9.59 Å². The Balaban J connectivity index is 1.39. The third-order valence-electron chi connectivity index (χ3n) is 6.69. The number of anilines is 1. The van der Waals surface area contributed by atoms with Crippen LogP contribution < -0.4 is 4.90 Å². The van der Waals surface area contributed by atoms with Gasteiger partial charge in [0.15, 0.2) is 11.6 Å². The lowest BCUT2D eigenvalue weighted by Crippen LogP contribution is -2.49. The molecule has 0 radical (unpaired) electrons. The maximum atomic E-state index is 12.3. The molecule has 6 nitrogen and oxygen atoms in total. The summed E-state index contributed by atoms with van der Waals surface area (Å²) in [6, 6.07) is 3.91. The molecule has 2 fully saturated rings. The Hall–Kier alpha value is -1.79. The van der Waals surface area contributed by atoms with Gasteiger partial charge in [-0.25, -0.2) is 4.98 Å². The van der Waals surface area contributed by atoms with Gasteiger partial charge in [0.25, 0.3) is 0 Å². The molecule has 3 rings (SSSR count). The molecule has 2 saturated heterocycles. The van der Waals surface area contributed by atoms with E-state index in [9.17, 15) is 9.59 Å². The van der Waals surface area contributed by atoms with E-state index in [0.29, 0.717) is 23.8 Å². The Morgan fingerprint density at radius 3 is 2.32 bits per heavy atom. The Labute approximate surface area is 188 Å². The Kier molecular flexibility index (Phi) is 7.87. The summed E-state index contributed by atoms with van der Waals surface area (Å²) in [6.07, 6.45) is 4.14. The molecule has 6 heteroatoms. The summed E-state index contributed by atoms with van der Waals surface area (Å²) in [5.74, 6) is 2.17. The van der Waals surface area contributed by atoms with Gasteiger partial charge >= 0.3 is 0 Å². The highest BCUT2D eigenvalue weighted by molar-refractivity contribution is 5.97. The van der Waals surface area contributed by atoms with E-state index in [1.54, 1.807) is 6.20 Å². The highest BCUT2D eigenvalue weighted by Crippen LogP contribution is 2.25. The molecule has 2 aliphatic heterocycles. The zero-order valence-corrected chi connectivity index (χ0v) is 20.1. The molecular weight excluding hydrogens is 388 g/mol. The van der Waals surface area contributed by atoms with Crippen LogP contribution in [0, 0.1) is 17.3 Å². The van der Waals surface area contributed by atoms with Gasteiger partial charge in [0, 0.05) is 62.4 Å². The number of piperazine rings is 1. The van der Waals surface area contributed by atoms with Gasteiger partial charge in [0.2, 0.25) is 0 Å². The van der Waals surface area contributed by atoms with Gasteiger partial charge in [0.05, 0.1) is 6.54 Å². The van der Waals surface area contributed by atoms with Crippen molar-refractivity contribution in [3.8, 4) is 0 Å². The monoisotopic (exact) mass is 428 g/mol. The zero-order chi connectivity index (χ0) is 22.6. The van der Waals surface area contributed by atoms with Crippen LogP contribution >= 0.6 is 0 Å². The van der Waals surface area contributed by atoms with Crippen molar-refractivity contribution in [2.45, 2.75) is 47.5 Å². The molecule has 0 amide bonds. The molecule has 0 N–H and O–H groups in total. The van der Waals surface area contributed by atoms with E-state index in [1.165, 1.54) is 12.8 Å². The Morgan fingerprint density at radius 2 is 1.74 bits per heavy atom. The van der Waals surface area contributed by atoms with Gasteiger partial charge in [-0.05, 0) is 37.4 Å². The Morgan fingerprint density at radius 1 is 1.06 bits per heavy atom. The summed E-state index contributed by atoms with van der Waals surface area (Å²) >= 11 is 0. The largest absolute Gasteiger partial charge is 0.356 e. The van der Waals surface area contributed by atoms with E-state index in [4.69, 9.17) is 0 Å². The van der Waals surface area contributed by atoms with Gasteiger partial charge in [0.1, 0.15) is 5.82 Å². The van der Waals surface area contributed by atoms with E-state index < -0.39 is 0 Å². The van der Waals surface area contributed by atoms with Crippen molar-refractivity contribution in [1.82, 2.24) is 14.8 Å². The minimum atomic E-state index is -0.245. The van der Waals surface area contributed by atoms with Gasteiger partial charge in [-0.3, -0.25) is 14.5 Å². The lowest BCUT2D eigenvalue weighted by atomic mass is 9.90. The standard InChI is InChI=1S/C25H40N4O2/c1-19(2)24(31)21-6-7-23(26-16-21)29-11-9-20(17-29)8-10-27-12-14-28(15-13-27)18-22(30)25(3,4)5/h6-7,16,19-20H,8-15,17-18H2,1-5H3. The molecule has 31 heavy (non-hydrogen) atoms. The van der Waals surface area contributed by atoms with E-state index in [2.05, 4.69) is 19.7 Å². The second-order valence-corrected chi connectivity index (χ2v) is 10.6. The molecule has 1 atom stereocenters. The van der Waals surface area contributed by atoms with Crippen LogP contribution in [0.3, 0.4) is 0 Å². The fraction of sp³-hybridized carbons (Fsp3) is 0.720. The van der Waals surface area contributed by atoms with Crippen molar-refractivity contribution >= 4 is 17.4 Å². The minimum absolute atomic E-state index is 0.00432. The summed E-state index contributed by atoms with van der Waals surface area (Å²) < 4.78 is 0. The number of nitrogens with zero attached hydrogens (tertiary/aromatic N) is 4. The number of pyridine rings is 1. The van der Waals surface area contributed by atoms with Crippen LogP contribution in [0.2, 0.25) is 0 Å². The van der Waals surface area contributed by atoms with E-state index >= 15 is 0 Å². The number of ketones is 2. The molecule has 172 valence electrons. The topological polar surface area (TPSA) is 56.8 Å². The molecule has 0 saturated carbocycles. The third kappa shape index (κ3) is 6.59. The number of carbonyl (C=O) groups is 2. The summed E-state index contributed by atoms with van der Waals surface area (Å²) in [5.41, 5.74) is 0.461. The highest BCUT2D eigenvalue weighted by atomic mass is 16.1. The second kappa shape index (κ2) is 10.2. The average molecular weight is 429 g/mol. The minimum Gasteiger partial charge on any atom is -0.356 e. The van der Waals surface area contributed by atoms with Crippen molar-refractivity contribution in [3.63, 3.8) is 0 Å². The SMILES string of the molecule is CC(C)C(=O)c1ccc(N2CCC(CCN3CCN(CC(=O)C(C)(C)C)CC3)C2)nc1. The van der Waals surface area contributed by atoms with E-state index in [0.717, 1.165) is 51.6 Å². The van der Waals surface area contributed by atoms with Crippen molar-refractivity contribution in [1.29, 1.82) is 0 Å². The fourth-order valence-corrected chi connectivity index (χ4v) is 4.30. The van der Waals surface area contributed by atoms with Crippen LogP contribution in [0.5, 0.6) is 0 Å². The second-order valence-electron chi connectivity index (χ2n) is 10.6. The van der Waals surface area contributed by atoms with Gasteiger partial charge in [-0.15, -0.1) is 0 Å². The molecule has 0 spiro atoms. The first kappa shape index (κ1) is 23.9. The highest BCUT2D eigenvalue weighted by Gasteiger charge is 2.27. The molecular formula is C25H40N4O2. The van der Waals surface area contributed by atoms with Gasteiger partial charge in [-0.2, -0.15) is 0 Å².